The van der Waals surface area contributed by atoms with E-state index in [2.05, 4.69) is 10.6 Å². The fourth-order valence-electron chi connectivity index (χ4n) is 2.03. The molecule has 8 heteroatoms. The monoisotopic (exact) mass is 302 g/mol. The summed E-state index contributed by atoms with van der Waals surface area (Å²) in [6, 6.07) is -0.0403. The Morgan fingerprint density at radius 2 is 1.95 bits per heavy atom. The number of hydrogen-bond acceptors (Lipinski definition) is 4. The van der Waals surface area contributed by atoms with Crippen molar-refractivity contribution in [2.24, 2.45) is 0 Å². The van der Waals surface area contributed by atoms with Gasteiger partial charge in [-0.15, -0.1) is 0 Å². The summed E-state index contributed by atoms with van der Waals surface area (Å²) in [5, 5.41) is 6.17. The molecule has 0 saturated carbocycles. The molecule has 0 radical (unpaired) electrons. The van der Waals surface area contributed by atoms with Crippen LogP contribution in [-0.2, 0) is 9.84 Å². The van der Waals surface area contributed by atoms with Gasteiger partial charge in [-0.1, -0.05) is 0 Å². The summed E-state index contributed by atoms with van der Waals surface area (Å²) in [5.74, 6) is 0.344. The average molecular weight is 302 g/mol. The molecule has 1 atom stereocenters. The van der Waals surface area contributed by atoms with E-state index in [1.807, 2.05) is 0 Å². The molecule has 2 N–H and O–H groups in total. The predicted octanol–water partition coefficient (Wildman–Crippen LogP) is 1.09. The van der Waals surface area contributed by atoms with Crippen LogP contribution in [-0.4, -0.2) is 51.8 Å². The quantitative estimate of drug-likeness (QED) is 0.691. The maximum Gasteiger partial charge on any atom is 0.389 e. The first kappa shape index (κ1) is 16.7. The molecule has 0 amide bonds. The van der Waals surface area contributed by atoms with Gasteiger partial charge in [-0.05, 0) is 32.4 Å². The molecule has 0 spiro atoms. The Kier molecular flexibility index (Phi) is 6.55. The van der Waals surface area contributed by atoms with Gasteiger partial charge in [0.25, 0.3) is 0 Å². The molecule has 1 saturated heterocycles. The third kappa shape index (κ3) is 8.43. The zero-order valence-corrected chi connectivity index (χ0v) is 11.6. The third-order valence-corrected chi connectivity index (χ3v) is 4.77. The van der Waals surface area contributed by atoms with E-state index in [0.29, 0.717) is 32.5 Å². The highest BCUT2D eigenvalue weighted by Gasteiger charge is 2.26. The normalized spacial score (nSPS) is 23.4. The Hall–Kier alpha value is -0.340. The molecule has 0 bridgehead atoms. The lowest BCUT2D eigenvalue weighted by Crippen LogP contribution is -2.46. The molecular formula is C11H21F3N2O2S. The maximum atomic E-state index is 11.9. The van der Waals surface area contributed by atoms with Crippen molar-refractivity contribution in [2.45, 2.75) is 37.9 Å². The van der Waals surface area contributed by atoms with Gasteiger partial charge in [0.15, 0.2) is 9.84 Å². The topological polar surface area (TPSA) is 58.2 Å². The first-order valence-corrected chi connectivity index (χ1v) is 8.32. The van der Waals surface area contributed by atoms with Gasteiger partial charge in [0.2, 0.25) is 0 Å². The molecule has 1 aliphatic rings. The lowest BCUT2D eigenvalue weighted by Gasteiger charge is -2.23. The summed E-state index contributed by atoms with van der Waals surface area (Å²) in [6.07, 6.45) is -3.52. The Morgan fingerprint density at radius 3 is 2.58 bits per heavy atom. The molecular weight excluding hydrogens is 281 g/mol. The maximum absolute atomic E-state index is 11.9. The lowest BCUT2D eigenvalue weighted by molar-refractivity contribution is -0.135. The summed E-state index contributed by atoms with van der Waals surface area (Å²) in [4.78, 5) is 0. The molecule has 1 aliphatic heterocycles. The van der Waals surface area contributed by atoms with Crippen molar-refractivity contribution in [3.05, 3.63) is 0 Å². The van der Waals surface area contributed by atoms with E-state index in [1.165, 1.54) is 0 Å². The highest BCUT2D eigenvalue weighted by atomic mass is 32.2. The fraction of sp³-hybridized carbons (Fsp3) is 1.00. The van der Waals surface area contributed by atoms with Gasteiger partial charge >= 0.3 is 6.18 Å². The van der Waals surface area contributed by atoms with Crippen LogP contribution in [0.1, 0.15) is 25.7 Å². The van der Waals surface area contributed by atoms with Gasteiger partial charge in [-0.3, -0.25) is 0 Å². The number of nitrogens with one attached hydrogen (secondary N) is 2. The number of hydrogen-bond donors (Lipinski definition) is 2. The van der Waals surface area contributed by atoms with Gasteiger partial charge < -0.3 is 10.6 Å². The van der Waals surface area contributed by atoms with Crippen LogP contribution >= 0.6 is 0 Å². The highest BCUT2D eigenvalue weighted by molar-refractivity contribution is 7.91. The van der Waals surface area contributed by atoms with Crippen LogP contribution < -0.4 is 10.6 Å². The van der Waals surface area contributed by atoms with Crippen molar-refractivity contribution in [3.8, 4) is 0 Å². The molecule has 0 aromatic carbocycles. The van der Waals surface area contributed by atoms with Crippen molar-refractivity contribution in [1.29, 1.82) is 0 Å². The van der Waals surface area contributed by atoms with Gasteiger partial charge in [-0.2, -0.15) is 13.2 Å². The minimum Gasteiger partial charge on any atom is -0.317 e. The molecule has 0 aliphatic carbocycles. The zero-order valence-electron chi connectivity index (χ0n) is 10.8. The zero-order chi connectivity index (χ0) is 14.4. The first-order valence-electron chi connectivity index (χ1n) is 6.50. The number of unbranched alkanes of at least 4 members (excludes halogenated alkanes) is 1. The molecule has 0 aromatic rings. The van der Waals surface area contributed by atoms with Crippen molar-refractivity contribution in [3.63, 3.8) is 0 Å². The average Bonchev–Trinajstić information content (AvgIpc) is 2.25. The van der Waals surface area contributed by atoms with Crippen LogP contribution in [0.5, 0.6) is 0 Å². The molecule has 1 heterocycles. The van der Waals surface area contributed by atoms with Gasteiger partial charge in [0.1, 0.15) is 0 Å². The fourth-order valence-corrected chi connectivity index (χ4v) is 3.52. The van der Waals surface area contributed by atoms with Crippen LogP contribution in [0.3, 0.4) is 0 Å². The Bertz CT molecular complexity index is 357. The smallest absolute Gasteiger partial charge is 0.317 e. The Balaban J connectivity index is 1.99. The van der Waals surface area contributed by atoms with E-state index < -0.39 is 22.4 Å². The summed E-state index contributed by atoms with van der Waals surface area (Å²) in [5.41, 5.74) is 0. The van der Waals surface area contributed by atoms with Gasteiger partial charge in [-0.25, -0.2) is 8.42 Å². The lowest BCUT2D eigenvalue weighted by atomic mass is 10.2. The Labute approximate surface area is 112 Å². The van der Waals surface area contributed by atoms with E-state index in [-0.39, 0.29) is 24.0 Å². The van der Waals surface area contributed by atoms with Crippen LogP contribution in [0.2, 0.25) is 0 Å². The second kappa shape index (κ2) is 7.44. The standard InChI is InChI=1S/C11H21F3N2O2S/c12-11(13,14)4-1-2-5-15-6-3-10-9-19(17,18)8-7-16-10/h10,15-16H,1-9H2. The summed E-state index contributed by atoms with van der Waals surface area (Å²) < 4.78 is 58.3. The molecule has 1 fully saturated rings. The summed E-state index contributed by atoms with van der Waals surface area (Å²) >= 11 is 0. The minimum absolute atomic E-state index is 0.0403. The molecule has 114 valence electrons. The van der Waals surface area contributed by atoms with Crippen LogP contribution in [0.15, 0.2) is 0 Å². The number of halogens is 3. The first-order chi connectivity index (χ1) is 8.79. The predicted molar refractivity (Wildman–Crippen MR) is 67.8 cm³/mol. The number of rotatable bonds is 7. The summed E-state index contributed by atoms with van der Waals surface area (Å²) in [7, 11) is -2.91. The van der Waals surface area contributed by atoms with Gasteiger partial charge in [0.05, 0.1) is 11.5 Å². The van der Waals surface area contributed by atoms with E-state index in [1.54, 1.807) is 0 Å². The molecule has 1 rings (SSSR count). The molecule has 1 unspecified atom stereocenters. The number of alkyl halides is 3. The second-order valence-corrected chi connectivity index (χ2v) is 7.11. The SMILES string of the molecule is O=S1(=O)CCNC(CCNCCCCC(F)(F)F)C1. The van der Waals surface area contributed by atoms with E-state index in [4.69, 9.17) is 0 Å². The van der Waals surface area contributed by atoms with Crippen molar-refractivity contribution >= 4 is 9.84 Å². The number of sulfone groups is 1. The van der Waals surface area contributed by atoms with Crippen LogP contribution in [0.4, 0.5) is 13.2 Å². The van der Waals surface area contributed by atoms with E-state index >= 15 is 0 Å². The van der Waals surface area contributed by atoms with Crippen LogP contribution in [0, 0.1) is 0 Å². The van der Waals surface area contributed by atoms with E-state index in [9.17, 15) is 21.6 Å². The second-order valence-electron chi connectivity index (χ2n) is 4.88. The molecule has 4 nitrogen and oxygen atoms in total. The van der Waals surface area contributed by atoms with Crippen molar-refractivity contribution in [1.82, 2.24) is 10.6 Å². The van der Waals surface area contributed by atoms with Crippen LogP contribution in [0.25, 0.3) is 0 Å². The Morgan fingerprint density at radius 1 is 1.21 bits per heavy atom. The van der Waals surface area contributed by atoms with Crippen molar-refractivity contribution < 1.29 is 21.6 Å². The summed E-state index contributed by atoms with van der Waals surface area (Å²) in [6.45, 7) is 1.65. The third-order valence-electron chi connectivity index (χ3n) is 3.03. The van der Waals surface area contributed by atoms with E-state index in [0.717, 1.165) is 0 Å². The van der Waals surface area contributed by atoms with Gasteiger partial charge in [0, 0.05) is 19.0 Å². The largest absolute Gasteiger partial charge is 0.389 e. The molecule has 19 heavy (non-hydrogen) atoms. The highest BCUT2D eigenvalue weighted by Crippen LogP contribution is 2.21. The molecule has 0 aromatic heterocycles. The van der Waals surface area contributed by atoms with Crippen molar-refractivity contribution in [2.75, 3.05) is 31.1 Å². The minimum atomic E-state index is -4.07.